The number of carbonyl (C=O) groups is 1. The van der Waals surface area contributed by atoms with Gasteiger partial charge in [0, 0.05) is 0 Å². The van der Waals surface area contributed by atoms with Crippen LogP contribution in [0.1, 0.15) is 6.92 Å². The minimum Gasteiger partial charge on any atom is -0.450 e. The lowest BCUT2D eigenvalue weighted by molar-refractivity contribution is 0.137. The molecule has 0 fully saturated rings. The Morgan fingerprint density at radius 3 is 1.62 bits per heavy atom. The molecule has 0 aliphatic heterocycles. The number of rotatable bonds is 0. The van der Waals surface area contributed by atoms with Gasteiger partial charge in [0.25, 0.3) is 0 Å². The number of allylic oxidation sites excluding steroid dienone is 1. The maximum Gasteiger partial charge on any atom is 0.503 e. The van der Waals surface area contributed by atoms with Gasteiger partial charge < -0.3 is 10.2 Å². The molecule has 0 aromatic heterocycles. The first-order valence-electron chi connectivity index (χ1n) is 1.64. The molecule has 3 radical (unpaired) electrons. The lowest BCUT2D eigenvalue weighted by Crippen LogP contribution is -1.81. The van der Waals surface area contributed by atoms with E-state index in [0.29, 0.717) is 0 Å². The van der Waals surface area contributed by atoms with Gasteiger partial charge in [-0.15, -0.1) is 6.58 Å². The minimum atomic E-state index is -1.83. The van der Waals surface area contributed by atoms with E-state index in [-0.39, 0.29) is 7.43 Å². The smallest absolute Gasteiger partial charge is 0.450 e. The Balaban J connectivity index is -0.0000000575. The molecule has 0 unspecified atom stereocenters. The van der Waals surface area contributed by atoms with Crippen molar-refractivity contribution >= 4 is 6.16 Å². The SMILES string of the molecule is C=CC.O=C(O)O.[CH]. The van der Waals surface area contributed by atoms with Crippen molar-refractivity contribution in [2.24, 2.45) is 0 Å². The molecule has 0 spiro atoms. The summed E-state index contributed by atoms with van der Waals surface area (Å²) >= 11 is 0. The fourth-order valence-corrected chi connectivity index (χ4v) is 0. The lowest BCUT2D eigenvalue weighted by Gasteiger charge is -1.60. The average Bonchev–Trinajstić information content (AvgIpc) is 1.33. The molecule has 2 N–H and O–H groups in total. The first kappa shape index (κ1) is 15.7. The summed E-state index contributed by atoms with van der Waals surface area (Å²) in [6.07, 6.45) is -0.0833. The van der Waals surface area contributed by atoms with Crippen LogP contribution in [0, 0.1) is 7.43 Å². The summed E-state index contributed by atoms with van der Waals surface area (Å²) in [5.74, 6) is 0. The highest BCUT2D eigenvalue weighted by Crippen LogP contribution is 1.42. The summed E-state index contributed by atoms with van der Waals surface area (Å²) in [5, 5.41) is 13.9. The summed E-state index contributed by atoms with van der Waals surface area (Å²) in [7, 11) is 0. The van der Waals surface area contributed by atoms with Gasteiger partial charge in [-0.3, -0.25) is 0 Å². The highest BCUT2D eigenvalue weighted by molar-refractivity contribution is 5.53. The van der Waals surface area contributed by atoms with Crippen LogP contribution in [0.25, 0.3) is 0 Å². The minimum absolute atomic E-state index is 0. The summed E-state index contributed by atoms with van der Waals surface area (Å²) < 4.78 is 0. The van der Waals surface area contributed by atoms with Gasteiger partial charge in [0.05, 0.1) is 0 Å². The predicted octanol–water partition coefficient (Wildman–Crippen LogP) is 1.62. The summed E-state index contributed by atoms with van der Waals surface area (Å²) in [6.45, 7) is 5.25. The molecule has 8 heavy (non-hydrogen) atoms. The lowest BCUT2D eigenvalue weighted by atomic mass is 10.8. The fourth-order valence-electron chi connectivity index (χ4n) is 0. The molecule has 3 nitrogen and oxygen atoms in total. The first-order chi connectivity index (χ1) is 3.15. The highest BCUT2D eigenvalue weighted by atomic mass is 16.6. The van der Waals surface area contributed by atoms with E-state index in [9.17, 15) is 0 Å². The Kier molecular flexibility index (Phi) is 32.8. The van der Waals surface area contributed by atoms with Crippen LogP contribution >= 0.6 is 0 Å². The van der Waals surface area contributed by atoms with E-state index >= 15 is 0 Å². The molecule has 0 aromatic rings. The van der Waals surface area contributed by atoms with Crippen LogP contribution in [0.5, 0.6) is 0 Å². The van der Waals surface area contributed by atoms with Crippen LogP contribution in [0.2, 0.25) is 0 Å². The summed E-state index contributed by atoms with van der Waals surface area (Å²) in [5.41, 5.74) is 0. The maximum absolute atomic E-state index is 8.56. The molecular weight excluding hydrogens is 108 g/mol. The fraction of sp³-hybridized carbons (Fsp3) is 0.200. The van der Waals surface area contributed by atoms with Crippen LogP contribution in [-0.4, -0.2) is 16.4 Å². The van der Waals surface area contributed by atoms with Crippen LogP contribution in [0.4, 0.5) is 4.79 Å². The van der Waals surface area contributed by atoms with Gasteiger partial charge in [-0.05, 0) is 14.4 Å². The third-order valence-corrected chi connectivity index (χ3v) is 0. The van der Waals surface area contributed by atoms with Gasteiger partial charge in [0.1, 0.15) is 0 Å². The van der Waals surface area contributed by atoms with E-state index in [2.05, 4.69) is 6.58 Å². The quantitative estimate of drug-likeness (QED) is 0.474. The summed E-state index contributed by atoms with van der Waals surface area (Å²) in [4.78, 5) is 8.56. The first-order valence-corrected chi connectivity index (χ1v) is 1.64. The molecule has 3 heteroatoms. The number of carboxylic acid groups (broad SMARTS) is 2. The maximum atomic E-state index is 8.56. The Bertz CT molecular complexity index is 54.7. The third-order valence-electron chi connectivity index (χ3n) is 0. The van der Waals surface area contributed by atoms with Gasteiger partial charge in [0.2, 0.25) is 0 Å². The molecule has 0 bridgehead atoms. The Morgan fingerprint density at radius 2 is 1.62 bits per heavy atom. The van der Waals surface area contributed by atoms with E-state index in [1.165, 1.54) is 0 Å². The highest BCUT2D eigenvalue weighted by Gasteiger charge is 1.70. The van der Waals surface area contributed by atoms with Crippen LogP contribution < -0.4 is 0 Å². The molecule has 0 atom stereocenters. The van der Waals surface area contributed by atoms with Crippen molar-refractivity contribution in [1.29, 1.82) is 0 Å². The Hall–Kier alpha value is -0.990. The molecule has 0 aromatic carbocycles. The second-order valence-corrected chi connectivity index (χ2v) is 0.691. The van der Waals surface area contributed by atoms with Gasteiger partial charge in [-0.25, -0.2) is 4.79 Å². The van der Waals surface area contributed by atoms with Crippen molar-refractivity contribution in [3.8, 4) is 0 Å². The number of hydrogen-bond acceptors (Lipinski definition) is 1. The van der Waals surface area contributed by atoms with Gasteiger partial charge in [0.15, 0.2) is 0 Å². The third kappa shape index (κ3) is 82.2. The Morgan fingerprint density at radius 1 is 1.62 bits per heavy atom. The predicted molar refractivity (Wildman–Crippen MR) is 30.8 cm³/mol. The zero-order valence-corrected chi connectivity index (χ0v) is 4.66. The van der Waals surface area contributed by atoms with E-state index in [0.717, 1.165) is 0 Å². The second kappa shape index (κ2) is 16.7. The van der Waals surface area contributed by atoms with E-state index in [4.69, 9.17) is 15.0 Å². The topological polar surface area (TPSA) is 57.5 Å². The second-order valence-electron chi connectivity index (χ2n) is 0.691. The largest absolute Gasteiger partial charge is 0.503 e. The molecule has 0 aliphatic carbocycles. The van der Waals surface area contributed by atoms with Crippen molar-refractivity contribution in [2.75, 3.05) is 0 Å². The van der Waals surface area contributed by atoms with Crippen molar-refractivity contribution in [1.82, 2.24) is 0 Å². The molecule has 0 amide bonds. The normalized spacial score (nSPS) is 4.62. The van der Waals surface area contributed by atoms with Crippen molar-refractivity contribution in [3.05, 3.63) is 20.1 Å². The standard InChI is InChI=1S/C3H6.CH2O3.CH/c1-3-2;2-1(3)4;/h3H,1H2,2H3;(H2,2,3,4);1H. The van der Waals surface area contributed by atoms with Crippen LogP contribution in [-0.2, 0) is 0 Å². The van der Waals surface area contributed by atoms with Gasteiger partial charge >= 0.3 is 6.16 Å². The molecule has 0 saturated heterocycles. The monoisotopic (exact) mass is 117 g/mol. The summed E-state index contributed by atoms with van der Waals surface area (Å²) in [6, 6.07) is 0. The number of hydrogen-bond donors (Lipinski definition) is 2. The van der Waals surface area contributed by atoms with E-state index < -0.39 is 6.16 Å². The van der Waals surface area contributed by atoms with Crippen LogP contribution in [0.3, 0.4) is 0 Å². The van der Waals surface area contributed by atoms with Crippen LogP contribution in [0.15, 0.2) is 12.7 Å². The van der Waals surface area contributed by atoms with E-state index in [1.54, 1.807) is 6.08 Å². The van der Waals surface area contributed by atoms with Crippen molar-refractivity contribution < 1.29 is 15.0 Å². The molecule has 47 valence electrons. The zero-order valence-electron chi connectivity index (χ0n) is 4.66. The van der Waals surface area contributed by atoms with Gasteiger partial charge in [-0.1, -0.05) is 6.08 Å². The van der Waals surface area contributed by atoms with Gasteiger partial charge in [-0.2, -0.15) is 0 Å². The van der Waals surface area contributed by atoms with Crippen molar-refractivity contribution in [2.45, 2.75) is 6.92 Å². The average molecular weight is 117 g/mol. The zero-order chi connectivity index (χ0) is 6.28. The molecule has 0 heterocycles. The molecular formula is C5H9O3. The Labute approximate surface area is 49.3 Å². The molecule has 0 saturated carbocycles. The molecule has 0 aliphatic rings. The van der Waals surface area contributed by atoms with Crippen molar-refractivity contribution in [3.63, 3.8) is 0 Å². The molecule has 0 rings (SSSR count). The van der Waals surface area contributed by atoms with E-state index in [1.807, 2.05) is 6.92 Å².